The summed E-state index contributed by atoms with van der Waals surface area (Å²) in [7, 11) is 1.42. The van der Waals surface area contributed by atoms with Crippen molar-refractivity contribution in [1.82, 2.24) is 5.43 Å². The van der Waals surface area contributed by atoms with Crippen LogP contribution in [0.2, 0.25) is 0 Å². The third-order valence-corrected chi connectivity index (χ3v) is 4.68. The lowest BCUT2D eigenvalue weighted by molar-refractivity contribution is -0.120. The molecule has 1 aromatic heterocycles. The van der Waals surface area contributed by atoms with Crippen LogP contribution in [-0.2, 0) is 11.2 Å². The van der Waals surface area contributed by atoms with Gasteiger partial charge in [0.1, 0.15) is 5.82 Å². The average Bonchev–Trinajstić information content (AvgIpc) is 3.22. The first kappa shape index (κ1) is 20.2. The molecule has 0 saturated heterocycles. The summed E-state index contributed by atoms with van der Waals surface area (Å²) in [6, 6.07) is 14.0. The molecule has 148 valence electrons. The summed E-state index contributed by atoms with van der Waals surface area (Å²) in [5.41, 5.74) is 2.89. The van der Waals surface area contributed by atoms with E-state index in [1.807, 2.05) is 17.5 Å². The largest absolute Gasteiger partial charge is 0.493 e. The fourth-order valence-electron chi connectivity index (χ4n) is 2.42. The van der Waals surface area contributed by atoms with Crippen LogP contribution in [0, 0.1) is 5.82 Å². The third-order valence-electron chi connectivity index (χ3n) is 3.80. The molecular formula is C21H17FN2O4S. The van der Waals surface area contributed by atoms with Crippen LogP contribution in [0.4, 0.5) is 4.39 Å². The molecule has 8 heteroatoms. The second-order valence-corrected chi connectivity index (χ2v) is 6.86. The Bertz CT molecular complexity index is 1030. The summed E-state index contributed by atoms with van der Waals surface area (Å²) in [4.78, 5) is 24.9. The Morgan fingerprint density at radius 2 is 1.97 bits per heavy atom. The average molecular weight is 412 g/mol. The fraction of sp³-hybridized carbons (Fsp3) is 0.0952. The molecular weight excluding hydrogens is 395 g/mol. The monoisotopic (exact) mass is 412 g/mol. The van der Waals surface area contributed by atoms with Gasteiger partial charge in [0.05, 0.1) is 25.3 Å². The maximum atomic E-state index is 13.7. The molecule has 0 aliphatic carbocycles. The van der Waals surface area contributed by atoms with Crippen molar-refractivity contribution in [2.75, 3.05) is 7.11 Å². The number of benzene rings is 2. The summed E-state index contributed by atoms with van der Waals surface area (Å²) in [5.74, 6) is -1.32. The number of rotatable bonds is 7. The van der Waals surface area contributed by atoms with E-state index in [0.717, 1.165) is 4.88 Å². The van der Waals surface area contributed by atoms with Gasteiger partial charge < -0.3 is 9.47 Å². The summed E-state index contributed by atoms with van der Waals surface area (Å²) >= 11 is 1.50. The summed E-state index contributed by atoms with van der Waals surface area (Å²) in [6.45, 7) is 0. The predicted octanol–water partition coefficient (Wildman–Crippen LogP) is 3.81. The van der Waals surface area contributed by atoms with Crippen molar-refractivity contribution in [3.05, 3.63) is 81.8 Å². The number of amides is 1. The summed E-state index contributed by atoms with van der Waals surface area (Å²) in [6.07, 6.45) is 1.70. The molecule has 1 heterocycles. The number of thiophene rings is 1. The van der Waals surface area contributed by atoms with Gasteiger partial charge in [-0.25, -0.2) is 14.6 Å². The van der Waals surface area contributed by atoms with E-state index in [1.165, 1.54) is 48.9 Å². The highest BCUT2D eigenvalue weighted by molar-refractivity contribution is 7.10. The van der Waals surface area contributed by atoms with Gasteiger partial charge in [0.25, 0.3) is 0 Å². The molecule has 3 aromatic rings. The molecule has 0 unspecified atom stereocenters. The number of carbonyl (C=O) groups is 2. The molecule has 0 atom stereocenters. The molecule has 0 spiro atoms. The molecule has 0 radical (unpaired) electrons. The number of halogens is 1. The second-order valence-electron chi connectivity index (χ2n) is 5.83. The maximum Gasteiger partial charge on any atom is 0.346 e. The number of nitrogens with one attached hydrogen (secondary N) is 1. The maximum absolute atomic E-state index is 13.7. The second kappa shape index (κ2) is 9.61. The number of hydrogen-bond acceptors (Lipinski definition) is 6. The van der Waals surface area contributed by atoms with E-state index in [2.05, 4.69) is 10.5 Å². The Balaban J connectivity index is 1.64. The lowest BCUT2D eigenvalue weighted by Crippen LogP contribution is -2.19. The predicted molar refractivity (Wildman–Crippen MR) is 108 cm³/mol. The lowest BCUT2D eigenvalue weighted by atomic mass is 10.2. The lowest BCUT2D eigenvalue weighted by Gasteiger charge is -2.10. The van der Waals surface area contributed by atoms with E-state index in [1.54, 1.807) is 18.2 Å². The normalized spacial score (nSPS) is 10.7. The van der Waals surface area contributed by atoms with Crippen LogP contribution in [0.25, 0.3) is 0 Å². The topological polar surface area (TPSA) is 77.0 Å². The van der Waals surface area contributed by atoms with Crippen molar-refractivity contribution in [3.63, 3.8) is 0 Å². The van der Waals surface area contributed by atoms with E-state index in [4.69, 9.17) is 9.47 Å². The molecule has 0 bridgehead atoms. The van der Waals surface area contributed by atoms with E-state index in [-0.39, 0.29) is 29.4 Å². The zero-order valence-corrected chi connectivity index (χ0v) is 16.2. The zero-order valence-electron chi connectivity index (χ0n) is 15.4. The highest BCUT2D eigenvalue weighted by atomic mass is 32.1. The Hall–Kier alpha value is -3.52. The summed E-state index contributed by atoms with van der Waals surface area (Å²) in [5, 5.41) is 5.82. The molecule has 0 fully saturated rings. The third kappa shape index (κ3) is 5.49. The van der Waals surface area contributed by atoms with Gasteiger partial charge in [-0.3, -0.25) is 4.79 Å². The fourth-order valence-corrected chi connectivity index (χ4v) is 3.12. The molecule has 0 aliphatic heterocycles. The highest BCUT2D eigenvalue weighted by Crippen LogP contribution is 2.28. The first-order chi connectivity index (χ1) is 14.1. The molecule has 6 nitrogen and oxygen atoms in total. The van der Waals surface area contributed by atoms with E-state index < -0.39 is 11.8 Å². The first-order valence-electron chi connectivity index (χ1n) is 8.56. The van der Waals surface area contributed by atoms with Gasteiger partial charge in [-0.2, -0.15) is 5.10 Å². The standard InChI is InChI=1S/C21H17FN2O4S/c1-27-19-11-14(13-23-24-20(25)12-15-5-4-10-29-15)8-9-18(19)28-21(26)16-6-2-3-7-17(16)22/h2-11,13H,12H2,1H3,(H,24,25)/b23-13-. The Labute approximate surface area is 170 Å². The van der Waals surface area contributed by atoms with Crippen molar-refractivity contribution in [1.29, 1.82) is 0 Å². The van der Waals surface area contributed by atoms with Crippen molar-refractivity contribution in [3.8, 4) is 11.5 Å². The van der Waals surface area contributed by atoms with Crippen molar-refractivity contribution >= 4 is 29.4 Å². The van der Waals surface area contributed by atoms with Gasteiger partial charge in [-0.1, -0.05) is 18.2 Å². The Morgan fingerprint density at radius 3 is 2.69 bits per heavy atom. The van der Waals surface area contributed by atoms with Crippen LogP contribution in [0.5, 0.6) is 11.5 Å². The molecule has 0 saturated carbocycles. The molecule has 1 amide bonds. The molecule has 2 aromatic carbocycles. The number of nitrogens with zero attached hydrogens (tertiary/aromatic N) is 1. The quantitative estimate of drug-likeness (QED) is 0.277. The smallest absolute Gasteiger partial charge is 0.346 e. The number of methoxy groups -OCH3 is 1. The van der Waals surface area contributed by atoms with Crippen LogP contribution in [0.3, 0.4) is 0 Å². The number of esters is 1. The van der Waals surface area contributed by atoms with Gasteiger partial charge in [-0.15, -0.1) is 11.3 Å². The number of carbonyl (C=O) groups excluding carboxylic acids is 2. The molecule has 1 N–H and O–H groups in total. The highest BCUT2D eigenvalue weighted by Gasteiger charge is 2.16. The molecule has 0 aliphatic rings. The van der Waals surface area contributed by atoms with Crippen LogP contribution in [-0.4, -0.2) is 25.2 Å². The van der Waals surface area contributed by atoms with Crippen LogP contribution in [0.15, 0.2) is 65.1 Å². The SMILES string of the molecule is COc1cc(/C=N\NC(=O)Cc2cccs2)ccc1OC(=O)c1ccccc1F. The molecule has 3 rings (SSSR count). The number of hydrazone groups is 1. The Kier molecular flexibility index (Phi) is 6.70. The van der Waals surface area contributed by atoms with Gasteiger partial charge in [-0.05, 0) is 47.3 Å². The van der Waals surface area contributed by atoms with Crippen molar-refractivity contribution in [2.45, 2.75) is 6.42 Å². The van der Waals surface area contributed by atoms with Crippen molar-refractivity contribution in [2.24, 2.45) is 5.10 Å². The van der Waals surface area contributed by atoms with Crippen LogP contribution >= 0.6 is 11.3 Å². The number of ether oxygens (including phenoxy) is 2. The van der Waals surface area contributed by atoms with Crippen LogP contribution < -0.4 is 14.9 Å². The van der Waals surface area contributed by atoms with E-state index >= 15 is 0 Å². The van der Waals surface area contributed by atoms with Gasteiger partial charge in [0, 0.05) is 4.88 Å². The minimum atomic E-state index is -0.830. The minimum Gasteiger partial charge on any atom is -0.493 e. The first-order valence-corrected chi connectivity index (χ1v) is 9.44. The minimum absolute atomic E-state index is 0.139. The Morgan fingerprint density at radius 1 is 1.14 bits per heavy atom. The van der Waals surface area contributed by atoms with Gasteiger partial charge in [0.15, 0.2) is 11.5 Å². The summed E-state index contributed by atoms with van der Waals surface area (Å²) < 4.78 is 24.2. The van der Waals surface area contributed by atoms with Gasteiger partial charge >= 0.3 is 5.97 Å². The van der Waals surface area contributed by atoms with Crippen LogP contribution in [0.1, 0.15) is 20.8 Å². The number of hydrogen-bond donors (Lipinski definition) is 1. The van der Waals surface area contributed by atoms with Gasteiger partial charge in [0.2, 0.25) is 5.91 Å². The van der Waals surface area contributed by atoms with Crippen molar-refractivity contribution < 1.29 is 23.5 Å². The van der Waals surface area contributed by atoms with E-state index in [0.29, 0.717) is 5.56 Å². The molecule has 29 heavy (non-hydrogen) atoms. The zero-order chi connectivity index (χ0) is 20.6. The van der Waals surface area contributed by atoms with E-state index in [9.17, 15) is 14.0 Å².